The van der Waals surface area contributed by atoms with Crippen LogP contribution in [-0.2, 0) is 6.54 Å². The fourth-order valence-corrected chi connectivity index (χ4v) is 2.64. The predicted octanol–water partition coefficient (Wildman–Crippen LogP) is 1.34. The third-order valence-corrected chi connectivity index (χ3v) is 4.03. The first-order valence-corrected chi connectivity index (χ1v) is 9.21. The molecule has 6 nitrogen and oxygen atoms in total. The zero-order chi connectivity index (χ0) is 17.7. The van der Waals surface area contributed by atoms with Crippen molar-refractivity contribution in [2.45, 2.75) is 25.8 Å². The van der Waals surface area contributed by atoms with Gasteiger partial charge in [0, 0.05) is 11.9 Å². The van der Waals surface area contributed by atoms with E-state index in [1.807, 2.05) is 24.3 Å². The van der Waals surface area contributed by atoms with Gasteiger partial charge in [0.2, 0.25) is 0 Å². The van der Waals surface area contributed by atoms with Crippen molar-refractivity contribution in [3.8, 4) is 5.75 Å². The van der Waals surface area contributed by atoms with E-state index in [0.29, 0.717) is 5.52 Å². The number of phenols is 1. The topological polar surface area (TPSA) is 95.2 Å². The molecule has 0 spiro atoms. The summed E-state index contributed by atoms with van der Waals surface area (Å²) < 4.78 is 0. The number of aromatic hydroxyl groups is 1. The summed E-state index contributed by atoms with van der Waals surface area (Å²) in [6, 6.07) is 9.47. The summed E-state index contributed by atoms with van der Waals surface area (Å²) >= 11 is 0. The van der Waals surface area contributed by atoms with Crippen LogP contribution >= 0.6 is 0 Å². The number of fused-ring (bicyclic) bond motifs is 1. The van der Waals surface area contributed by atoms with Crippen molar-refractivity contribution < 1.29 is 5.11 Å². The Bertz CT molecular complexity index is 620. The van der Waals surface area contributed by atoms with Crippen molar-refractivity contribution >= 4 is 10.9 Å². The smallest absolute Gasteiger partial charge is 0.141 e. The lowest BCUT2D eigenvalue weighted by molar-refractivity contribution is 0.480. The van der Waals surface area contributed by atoms with E-state index in [-0.39, 0.29) is 5.75 Å². The molecule has 0 aliphatic carbocycles. The molecule has 0 radical (unpaired) electrons. The summed E-state index contributed by atoms with van der Waals surface area (Å²) in [6.45, 7) is 6.54. The Morgan fingerprint density at radius 3 is 2.24 bits per heavy atom. The highest BCUT2D eigenvalue weighted by molar-refractivity contribution is 5.84. The number of pyridine rings is 1. The van der Waals surface area contributed by atoms with Gasteiger partial charge in [0.15, 0.2) is 0 Å². The van der Waals surface area contributed by atoms with Gasteiger partial charge < -0.3 is 26.8 Å². The molecule has 1 aromatic carbocycles. The van der Waals surface area contributed by atoms with Crippen LogP contribution in [0.25, 0.3) is 10.9 Å². The number of hydrogen-bond acceptors (Lipinski definition) is 6. The lowest BCUT2D eigenvalue weighted by atomic mass is 10.2. The van der Waals surface area contributed by atoms with Crippen molar-refractivity contribution in [2.75, 3.05) is 39.3 Å². The fraction of sp³-hybridized carbons (Fsp3) is 0.526. The molecule has 1 heterocycles. The average Bonchev–Trinajstić information content (AvgIpc) is 2.63. The number of rotatable bonds is 13. The first kappa shape index (κ1) is 19.6. The molecule has 0 saturated heterocycles. The van der Waals surface area contributed by atoms with E-state index in [4.69, 9.17) is 5.73 Å². The van der Waals surface area contributed by atoms with Gasteiger partial charge in [-0.2, -0.15) is 0 Å². The molecule has 0 fully saturated rings. The highest BCUT2D eigenvalue weighted by atomic mass is 16.3. The lowest BCUT2D eigenvalue weighted by Gasteiger charge is -2.08. The maximum Gasteiger partial charge on any atom is 0.141 e. The quantitative estimate of drug-likeness (QED) is 0.352. The molecule has 0 aliphatic rings. The third kappa shape index (κ3) is 7.36. The van der Waals surface area contributed by atoms with Gasteiger partial charge in [0.05, 0.1) is 5.69 Å². The van der Waals surface area contributed by atoms with Gasteiger partial charge >= 0.3 is 0 Å². The SMILES string of the molecule is NCCCNCCCNCCCNCc1ccc2cccc(O)c2n1. The van der Waals surface area contributed by atoms with Crippen molar-refractivity contribution in [1.29, 1.82) is 0 Å². The van der Waals surface area contributed by atoms with E-state index in [1.165, 1.54) is 0 Å². The third-order valence-electron chi connectivity index (χ3n) is 4.03. The van der Waals surface area contributed by atoms with E-state index in [0.717, 1.165) is 76.2 Å². The first-order chi connectivity index (χ1) is 12.3. The number of nitrogens with two attached hydrogens (primary N) is 1. The highest BCUT2D eigenvalue weighted by Gasteiger charge is 2.02. The van der Waals surface area contributed by atoms with Crippen LogP contribution in [0.2, 0.25) is 0 Å². The minimum Gasteiger partial charge on any atom is -0.506 e. The summed E-state index contributed by atoms with van der Waals surface area (Å²) in [5.41, 5.74) is 7.06. The minimum atomic E-state index is 0.237. The molecule has 0 aliphatic heterocycles. The molecule has 1 aromatic heterocycles. The Morgan fingerprint density at radius 2 is 1.52 bits per heavy atom. The van der Waals surface area contributed by atoms with E-state index in [9.17, 15) is 5.11 Å². The number of aromatic nitrogens is 1. The van der Waals surface area contributed by atoms with Crippen LogP contribution in [-0.4, -0.2) is 49.4 Å². The van der Waals surface area contributed by atoms with Crippen LogP contribution in [0.3, 0.4) is 0 Å². The standard InChI is InChI=1S/C19H31N5O/c20-9-2-10-21-11-3-12-22-13-4-14-23-15-17-8-7-16-5-1-6-18(25)19(16)24-17/h1,5-8,21-23,25H,2-4,9-15,20H2. The van der Waals surface area contributed by atoms with Crippen LogP contribution in [0.15, 0.2) is 30.3 Å². The van der Waals surface area contributed by atoms with Gasteiger partial charge in [0.1, 0.15) is 11.3 Å². The highest BCUT2D eigenvalue weighted by Crippen LogP contribution is 2.22. The average molecular weight is 345 g/mol. The van der Waals surface area contributed by atoms with Crippen molar-refractivity contribution in [2.24, 2.45) is 5.73 Å². The molecule has 6 heteroatoms. The molecule has 25 heavy (non-hydrogen) atoms. The molecule has 0 amide bonds. The number of benzene rings is 1. The van der Waals surface area contributed by atoms with Gasteiger partial charge in [0.25, 0.3) is 0 Å². The predicted molar refractivity (Wildman–Crippen MR) is 104 cm³/mol. The number of para-hydroxylation sites is 1. The molecule has 0 saturated carbocycles. The van der Waals surface area contributed by atoms with E-state index in [1.54, 1.807) is 6.07 Å². The van der Waals surface area contributed by atoms with Crippen molar-refractivity contribution in [1.82, 2.24) is 20.9 Å². The van der Waals surface area contributed by atoms with Gasteiger partial charge in [-0.3, -0.25) is 0 Å². The zero-order valence-electron chi connectivity index (χ0n) is 14.9. The molecule has 2 rings (SSSR count). The molecule has 138 valence electrons. The molecule has 0 atom stereocenters. The number of nitrogens with zero attached hydrogens (tertiary/aromatic N) is 1. The largest absolute Gasteiger partial charge is 0.506 e. The lowest BCUT2D eigenvalue weighted by Crippen LogP contribution is -2.26. The number of nitrogens with one attached hydrogen (secondary N) is 3. The summed E-state index contributed by atoms with van der Waals surface area (Å²) in [4.78, 5) is 4.52. The maximum absolute atomic E-state index is 9.87. The van der Waals surface area contributed by atoms with Crippen LogP contribution in [0.1, 0.15) is 25.0 Å². The molecular formula is C19H31N5O. The first-order valence-electron chi connectivity index (χ1n) is 9.21. The van der Waals surface area contributed by atoms with E-state index in [2.05, 4.69) is 20.9 Å². The second-order valence-corrected chi connectivity index (χ2v) is 6.18. The van der Waals surface area contributed by atoms with Gasteiger partial charge in [-0.1, -0.05) is 18.2 Å². The monoisotopic (exact) mass is 345 g/mol. The van der Waals surface area contributed by atoms with Crippen LogP contribution in [0.4, 0.5) is 0 Å². The minimum absolute atomic E-state index is 0.237. The molecule has 0 unspecified atom stereocenters. The Hall–Kier alpha value is -1.73. The van der Waals surface area contributed by atoms with Crippen molar-refractivity contribution in [3.63, 3.8) is 0 Å². The van der Waals surface area contributed by atoms with Crippen LogP contribution in [0.5, 0.6) is 5.75 Å². The second kappa shape index (κ2) is 11.8. The molecule has 2 aromatic rings. The Kier molecular flexibility index (Phi) is 9.22. The number of hydrogen-bond donors (Lipinski definition) is 5. The molecular weight excluding hydrogens is 314 g/mol. The van der Waals surface area contributed by atoms with E-state index < -0.39 is 0 Å². The Balaban J connectivity index is 1.51. The normalized spacial score (nSPS) is 11.2. The fourth-order valence-electron chi connectivity index (χ4n) is 2.64. The summed E-state index contributed by atoms with van der Waals surface area (Å²) in [7, 11) is 0. The van der Waals surface area contributed by atoms with Gasteiger partial charge in [-0.25, -0.2) is 4.98 Å². The maximum atomic E-state index is 9.87. The summed E-state index contributed by atoms with van der Waals surface area (Å²) in [5.74, 6) is 0.237. The number of phenolic OH excluding ortho intramolecular Hbond substituents is 1. The molecule has 0 bridgehead atoms. The summed E-state index contributed by atoms with van der Waals surface area (Å²) in [6.07, 6.45) is 3.27. The van der Waals surface area contributed by atoms with E-state index >= 15 is 0 Å². The Morgan fingerprint density at radius 1 is 0.840 bits per heavy atom. The van der Waals surface area contributed by atoms with Crippen LogP contribution < -0.4 is 21.7 Å². The van der Waals surface area contributed by atoms with Crippen molar-refractivity contribution in [3.05, 3.63) is 36.0 Å². The zero-order valence-corrected chi connectivity index (χ0v) is 14.9. The second-order valence-electron chi connectivity index (χ2n) is 6.18. The van der Waals surface area contributed by atoms with Crippen LogP contribution in [0, 0.1) is 0 Å². The van der Waals surface area contributed by atoms with Gasteiger partial charge in [-0.05, 0) is 70.7 Å². The van der Waals surface area contributed by atoms with Gasteiger partial charge in [-0.15, -0.1) is 0 Å². The summed E-state index contributed by atoms with van der Waals surface area (Å²) in [5, 5.41) is 21.1. The Labute approximate surface area is 150 Å². The molecule has 6 N–H and O–H groups in total.